The Hall–Kier alpha value is 0.0200. The lowest BCUT2D eigenvalue weighted by atomic mass is 9.96. The molecular formula is C12H18ClIN2O2. The largest absolute Gasteiger partial charge is 0.378 e. The second kappa shape index (κ2) is 6.98. The van der Waals surface area contributed by atoms with Crippen LogP contribution in [0.3, 0.4) is 0 Å². The highest BCUT2D eigenvalue weighted by Crippen LogP contribution is 2.32. The number of hydrogen-bond donors (Lipinski definition) is 0. The summed E-state index contributed by atoms with van der Waals surface area (Å²) in [7, 11) is 3.31. The van der Waals surface area contributed by atoms with Gasteiger partial charge in [-0.1, -0.05) is 25.4 Å². The summed E-state index contributed by atoms with van der Waals surface area (Å²) >= 11 is 8.29. The first-order chi connectivity index (χ1) is 8.54. The smallest absolute Gasteiger partial charge is 0.162 e. The van der Waals surface area contributed by atoms with Gasteiger partial charge in [-0.15, -0.1) is 0 Å². The van der Waals surface area contributed by atoms with Crippen molar-refractivity contribution in [2.75, 3.05) is 14.2 Å². The van der Waals surface area contributed by atoms with Gasteiger partial charge in [-0.25, -0.2) is 9.97 Å². The first kappa shape index (κ1) is 16.1. The average Bonchev–Trinajstić information content (AvgIpc) is 2.38. The van der Waals surface area contributed by atoms with Crippen LogP contribution in [-0.4, -0.2) is 24.2 Å². The Balaban J connectivity index is 3.32. The highest BCUT2D eigenvalue weighted by Gasteiger charge is 2.32. The Morgan fingerprint density at radius 3 is 2.28 bits per heavy atom. The van der Waals surface area contributed by atoms with Crippen molar-refractivity contribution in [1.29, 1.82) is 0 Å². The van der Waals surface area contributed by atoms with Crippen LogP contribution in [0.1, 0.15) is 38.2 Å². The molecule has 1 aromatic rings. The van der Waals surface area contributed by atoms with Crippen molar-refractivity contribution in [3.63, 3.8) is 0 Å². The summed E-state index contributed by atoms with van der Waals surface area (Å²) in [6.07, 6.45) is 1.59. The van der Waals surface area contributed by atoms with Gasteiger partial charge in [-0.05, 0) is 35.4 Å². The second-order valence-corrected chi connectivity index (χ2v) is 5.37. The summed E-state index contributed by atoms with van der Waals surface area (Å²) in [4.78, 5) is 8.92. The molecule has 6 heteroatoms. The fourth-order valence-electron chi connectivity index (χ4n) is 1.85. The zero-order chi connectivity index (χ0) is 13.8. The van der Waals surface area contributed by atoms with Crippen LogP contribution in [0.2, 0.25) is 5.15 Å². The summed E-state index contributed by atoms with van der Waals surface area (Å²) in [5.41, 5.74) is 0.327. The topological polar surface area (TPSA) is 44.2 Å². The molecule has 0 bridgehead atoms. The van der Waals surface area contributed by atoms with E-state index >= 15 is 0 Å². The zero-order valence-corrected chi connectivity index (χ0v) is 14.0. The maximum Gasteiger partial charge on any atom is 0.162 e. The maximum atomic E-state index is 6.16. The minimum atomic E-state index is -0.476. The number of halogens is 2. The number of ether oxygens (including phenoxy) is 2. The van der Waals surface area contributed by atoms with Gasteiger partial charge >= 0.3 is 0 Å². The molecule has 0 aromatic carbocycles. The Bertz CT molecular complexity index is 403. The summed E-state index contributed by atoms with van der Waals surface area (Å²) in [5.74, 6) is 0.632. The van der Waals surface area contributed by atoms with Crippen LogP contribution in [0.15, 0.2) is 0 Å². The van der Waals surface area contributed by atoms with E-state index in [4.69, 9.17) is 21.1 Å². The molecule has 0 aliphatic rings. The van der Waals surface area contributed by atoms with Gasteiger partial charge in [0.2, 0.25) is 0 Å². The number of hydrogen-bond acceptors (Lipinski definition) is 4. The van der Waals surface area contributed by atoms with Crippen LogP contribution in [0.5, 0.6) is 0 Å². The molecule has 0 fully saturated rings. The molecule has 0 radical (unpaired) electrons. The molecule has 0 aliphatic heterocycles. The third-order valence-corrected chi connectivity index (χ3v) is 4.83. The van der Waals surface area contributed by atoms with E-state index in [1.54, 1.807) is 14.2 Å². The molecule has 1 rings (SSSR count). The molecule has 0 unspecified atom stereocenters. The normalized spacial score (nSPS) is 11.9. The molecule has 4 nitrogen and oxygen atoms in total. The zero-order valence-electron chi connectivity index (χ0n) is 11.1. The molecule has 0 saturated heterocycles. The fraction of sp³-hybridized carbons (Fsp3) is 0.667. The van der Waals surface area contributed by atoms with Gasteiger partial charge in [0.25, 0.3) is 0 Å². The van der Waals surface area contributed by atoms with Gasteiger partial charge in [-0.3, -0.25) is 0 Å². The van der Waals surface area contributed by atoms with E-state index < -0.39 is 5.60 Å². The van der Waals surface area contributed by atoms with Gasteiger partial charge < -0.3 is 9.47 Å². The molecule has 0 saturated carbocycles. The van der Waals surface area contributed by atoms with E-state index in [0.717, 1.165) is 22.1 Å². The standard InChI is InChI=1S/C12H18ClIN2O2/c1-5-12(6-2,18-4)11-15-8(7-17-3)9(14)10(13)16-11/h5-7H2,1-4H3. The Kier molecular flexibility index (Phi) is 6.23. The molecule has 1 aromatic heterocycles. The van der Waals surface area contributed by atoms with Crippen LogP contribution in [0.4, 0.5) is 0 Å². The predicted octanol–water partition coefficient (Wildman–Crippen LogP) is 3.54. The molecule has 0 amide bonds. The van der Waals surface area contributed by atoms with E-state index in [1.165, 1.54) is 0 Å². The molecule has 0 atom stereocenters. The lowest BCUT2D eigenvalue weighted by Gasteiger charge is -2.29. The SMILES string of the molecule is CCC(CC)(OC)c1nc(Cl)c(I)c(COC)n1. The van der Waals surface area contributed by atoms with Crippen LogP contribution >= 0.6 is 34.2 Å². The van der Waals surface area contributed by atoms with Crippen LogP contribution in [0, 0.1) is 3.57 Å². The van der Waals surface area contributed by atoms with Gasteiger partial charge in [0.05, 0.1) is 15.9 Å². The monoisotopic (exact) mass is 384 g/mol. The van der Waals surface area contributed by atoms with Crippen molar-refractivity contribution in [2.24, 2.45) is 0 Å². The molecule has 1 heterocycles. The van der Waals surface area contributed by atoms with Crippen molar-refractivity contribution in [3.8, 4) is 0 Å². The summed E-state index contributed by atoms with van der Waals surface area (Å²) in [5, 5.41) is 0.455. The third-order valence-electron chi connectivity index (χ3n) is 3.10. The summed E-state index contributed by atoms with van der Waals surface area (Å²) in [6.45, 7) is 4.52. The van der Waals surface area contributed by atoms with E-state index in [0.29, 0.717) is 17.6 Å². The molecular weight excluding hydrogens is 367 g/mol. The van der Waals surface area contributed by atoms with Crippen LogP contribution < -0.4 is 0 Å². The molecule has 102 valence electrons. The molecule has 18 heavy (non-hydrogen) atoms. The van der Waals surface area contributed by atoms with Crippen LogP contribution in [0.25, 0.3) is 0 Å². The lowest BCUT2D eigenvalue weighted by molar-refractivity contribution is -0.0295. The van der Waals surface area contributed by atoms with Crippen molar-refractivity contribution < 1.29 is 9.47 Å². The van der Waals surface area contributed by atoms with Crippen molar-refractivity contribution >= 4 is 34.2 Å². The van der Waals surface area contributed by atoms with Gasteiger partial charge in [0.1, 0.15) is 10.8 Å². The Morgan fingerprint density at radius 1 is 1.22 bits per heavy atom. The molecule has 0 aliphatic carbocycles. The van der Waals surface area contributed by atoms with E-state index in [1.807, 2.05) is 0 Å². The highest BCUT2D eigenvalue weighted by atomic mass is 127. The number of methoxy groups -OCH3 is 2. The predicted molar refractivity (Wildman–Crippen MR) is 79.7 cm³/mol. The second-order valence-electron chi connectivity index (χ2n) is 3.94. The van der Waals surface area contributed by atoms with Crippen molar-refractivity contribution in [2.45, 2.75) is 38.9 Å². The van der Waals surface area contributed by atoms with Gasteiger partial charge in [-0.2, -0.15) is 0 Å². The average molecular weight is 385 g/mol. The Labute approximate surface area is 127 Å². The fourth-order valence-corrected chi connectivity index (χ4v) is 2.43. The summed E-state index contributed by atoms with van der Waals surface area (Å²) in [6, 6.07) is 0. The maximum absolute atomic E-state index is 6.16. The first-order valence-corrected chi connectivity index (χ1v) is 7.26. The Morgan fingerprint density at radius 2 is 1.83 bits per heavy atom. The van der Waals surface area contributed by atoms with Crippen molar-refractivity contribution in [3.05, 3.63) is 20.2 Å². The lowest BCUT2D eigenvalue weighted by Crippen LogP contribution is -2.30. The minimum Gasteiger partial charge on any atom is -0.378 e. The number of rotatable bonds is 6. The first-order valence-electron chi connectivity index (χ1n) is 5.81. The minimum absolute atomic E-state index is 0.417. The number of nitrogens with zero attached hydrogens (tertiary/aromatic N) is 2. The van der Waals surface area contributed by atoms with E-state index in [2.05, 4.69) is 46.4 Å². The van der Waals surface area contributed by atoms with Gasteiger partial charge in [0.15, 0.2) is 5.82 Å². The van der Waals surface area contributed by atoms with Crippen LogP contribution in [-0.2, 0) is 21.7 Å². The quantitative estimate of drug-likeness (QED) is 0.556. The number of aromatic nitrogens is 2. The van der Waals surface area contributed by atoms with E-state index in [9.17, 15) is 0 Å². The summed E-state index contributed by atoms with van der Waals surface area (Å²) < 4.78 is 11.6. The van der Waals surface area contributed by atoms with E-state index in [-0.39, 0.29) is 0 Å². The highest BCUT2D eigenvalue weighted by molar-refractivity contribution is 14.1. The molecule has 0 N–H and O–H groups in total. The van der Waals surface area contributed by atoms with Crippen molar-refractivity contribution in [1.82, 2.24) is 9.97 Å². The molecule has 0 spiro atoms. The third kappa shape index (κ3) is 3.12. The van der Waals surface area contributed by atoms with Gasteiger partial charge in [0, 0.05) is 14.2 Å².